The number of aromatic nitrogens is 1. The smallest absolute Gasteiger partial charge is 0.252 e. The predicted molar refractivity (Wildman–Crippen MR) is 63.2 cm³/mol. The fourth-order valence-corrected chi connectivity index (χ4v) is 1.84. The maximum atomic E-state index is 11.2. The van der Waals surface area contributed by atoms with Crippen LogP contribution in [0.5, 0.6) is 0 Å². The summed E-state index contributed by atoms with van der Waals surface area (Å²) in [5, 5.41) is 3.27. The van der Waals surface area contributed by atoms with Crippen molar-refractivity contribution in [1.82, 2.24) is 4.98 Å². The van der Waals surface area contributed by atoms with E-state index in [4.69, 9.17) is 5.73 Å². The molecule has 4 nitrogen and oxygen atoms in total. The second-order valence-electron chi connectivity index (χ2n) is 3.89. The van der Waals surface area contributed by atoms with Crippen molar-refractivity contribution in [3.63, 3.8) is 0 Å². The maximum Gasteiger partial charge on any atom is 0.252 e. The highest BCUT2D eigenvalue weighted by atomic mass is 16.1. The molecule has 0 bridgehead atoms. The van der Waals surface area contributed by atoms with Gasteiger partial charge in [-0.2, -0.15) is 0 Å². The van der Waals surface area contributed by atoms with Crippen molar-refractivity contribution in [3.05, 3.63) is 36.0 Å². The van der Waals surface area contributed by atoms with Gasteiger partial charge in [-0.05, 0) is 31.4 Å². The third-order valence-corrected chi connectivity index (χ3v) is 2.68. The number of amides is 1. The quantitative estimate of drug-likeness (QED) is 0.757. The number of nitrogens with zero attached hydrogens (tertiary/aromatic N) is 1. The van der Waals surface area contributed by atoms with Gasteiger partial charge in [0.05, 0.1) is 5.56 Å². The molecule has 1 heterocycles. The van der Waals surface area contributed by atoms with Gasteiger partial charge >= 0.3 is 0 Å². The summed E-state index contributed by atoms with van der Waals surface area (Å²) in [6.07, 6.45) is 9.07. The number of rotatable bonds is 3. The highest BCUT2D eigenvalue weighted by Crippen LogP contribution is 2.18. The number of nitrogens with one attached hydrogen (secondary N) is 1. The fraction of sp³-hybridized carbons (Fsp3) is 0.333. The zero-order chi connectivity index (χ0) is 11.4. The highest BCUT2D eigenvalue weighted by Gasteiger charge is 2.14. The topological polar surface area (TPSA) is 68.0 Å². The van der Waals surface area contributed by atoms with Gasteiger partial charge in [0, 0.05) is 12.2 Å². The van der Waals surface area contributed by atoms with Crippen LogP contribution in [0.15, 0.2) is 30.5 Å². The fourth-order valence-electron chi connectivity index (χ4n) is 1.84. The normalized spacial score (nSPS) is 19.4. The van der Waals surface area contributed by atoms with E-state index in [2.05, 4.69) is 22.5 Å². The third-order valence-electron chi connectivity index (χ3n) is 2.68. The third kappa shape index (κ3) is 2.39. The number of allylic oxidation sites excluding steroid dienone is 1. The Morgan fingerprint density at radius 2 is 2.38 bits per heavy atom. The molecule has 0 radical (unpaired) electrons. The number of carbonyl (C=O) groups excluding carboxylic acids is 1. The van der Waals surface area contributed by atoms with Crippen LogP contribution in [0, 0.1) is 0 Å². The summed E-state index contributed by atoms with van der Waals surface area (Å²) in [6, 6.07) is 3.75. The molecule has 84 valence electrons. The Labute approximate surface area is 94.6 Å². The first-order chi connectivity index (χ1) is 7.77. The van der Waals surface area contributed by atoms with Crippen LogP contribution in [0.4, 0.5) is 5.82 Å². The van der Waals surface area contributed by atoms with E-state index in [1.54, 1.807) is 18.3 Å². The average Bonchev–Trinajstić information content (AvgIpc) is 2.31. The van der Waals surface area contributed by atoms with Crippen molar-refractivity contribution >= 4 is 11.7 Å². The molecule has 1 unspecified atom stereocenters. The van der Waals surface area contributed by atoms with Crippen LogP contribution in [0.1, 0.15) is 29.6 Å². The van der Waals surface area contributed by atoms with Crippen LogP contribution < -0.4 is 11.1 Å². The SMILES string of the molecule is NC(=O)c1cccnc1NC1CC=CCC1. The van der Waals surface area contributed by atoms with Crippen LogP contribution in [-0.4, -0.2) is 16.9 Å². The lowest BCUT2D eigenvalue weighted by Crippen LogP contribution is -2.24. The largest absolute Gasteiger partial charge is 0.366 e. The molecule has 2 rings (SSSR count). The number of pyridine rings is 1. The number of hydrogen-bond acceptors (Lipinski definition) is 3. The minimum absolute atomic E-state index is 0.345. The van der Waals surface area contributed by atoms with Crippen molar-refractivity contribution in [3.8, 4) is 0 Å². The van der Waals surface area contributed by atoms with E-state index in [9.17, 15) is 4.79 Å². The van der Waals surface area contributed by atoms with Gasteiger partial charge in [0.15, 0.2) is 0 Å². The highest BCUT2D eigenvalue weighted by molar-refractivity contribution is 5.97. The Kier molecular flexibility index (Phi) is 3.19. The van der Waals surface area contributed by atoms with E-state index in [1.165, 1.54) is 0 Å². The molecule has 1 aliphatic carbocycles. The van der Waals surface area contributed by atoms with Gasteiger partial charge in [-0.1, -0.05) is 12.2 Å². The van der Waals surface area contributed by atoms with Gasteiger partial charge < -0.3 is 11.1 Å². The molecule has 1 aromatic rings. The molecule has 0 spiro atoms. The van der Waals surface area contributed by atoms with Crippen LogP contribution >= 0.6 is 0 Å². The summed E-state index contributed by atoms with van der Waals surface area (Å²) in [4.78, 5) is 15.3. The number of primary amides is 1. The Morgan fingerprint density at radius 3 is 3.06 bits per heavy atom. The molecule has 0 fully saturated rings. The molecule has 0 aromatic carbocycles. The predicted octanol–water partition coefficient (Wildman–Crippen LogP) is 1.70. The Balaban J connectivity index is 2.14. The molecule has 4 heteroatoms. The summed E-state index contributed by atoms with van der Waals surface area (Å²) in [5.74, 6) is 0.150. The average molecular weight is 217 g/mol. The molecule has 16 heavy (non-hydrogen) atoms. The standard InChI is InChI=1S/C12H15N3O/c13-11(16)10-7-4-8-14-12(10)15-9-5-2-1-3-6-9/h1-2,4,7-9H,3,5-6H2,(H2,13,16)(H,14,15). The molecule has 1 aromatic heterocycles. The molecular formula is C12H15N3O. The molecular weight excluding hydrogens is 202 g/mol. The zero-order valence-corrected chi connectivity index (χ0v) is 9.02. The van der Waals surface area contributed by atoms with Gasteiger partial charge in [0.25, 0.3) is 5.91 Å². The van der Waals surface area contributed by atoms with Gasteiger partial charge in [-0.25, -0.2) is 4.98 Å². The maximum absolute atomic E-state index is 11.2. The monoisotopic (exact) mass is 217 g/mol. The lowest BCUT2D eigenvalue weighted by atomic mass is 10.0. The van der Waals surface area contributed by atoms with E-state index in [0.29, 0.717) is 17.4 Å². The lowest BCUT2D eigenvalue weighted by molar-refractivity contribution is 0.100. The molecule has 0 aliphatic heterocycles. The number of carbonyl (C=O) groups is 1. The zero-order valence-electron chi connectivity index (χ0n) is 9.02. The van der Waals surface area contributed by atoms with Gasteiger partial charge in [-0.15, -0.1) is 0 Å². The second kappa shape index (κ2) is 4.79. The van der Waals surface area contributed by atoms with Gasteiger partial charge in [0.1, 0.15) is 5.82 Å². The van der Waals surface area contributed by atoms with Crippen molar-refractivity contribution in [2.24, 2.45) is 5.73 Å². The van der Waals surface area contributed by atoms with Gasteiger partial charge in [0.2, 0.25) is 0 Å². The van der Waals surface area contributed by atoms with Crippen molar-refractivity contribution in [2.75, 3.05) is 5.32 Å². The minimum atomic E-state index is -0.443. The molecule has 1 atom stereocenters. The molecule has 3 N–H and O–H groups in total. The summed E-state index contributed by atoms with van der Waals surface area (Å²) in [5.41, 5.74) is 5.74. The minimum Gasteiger partial charge on any atom is -0.366 e. The van der Waals surface area contributed by atoms with Crippen LogP contribution in [0.3, 0.4) is 0 Å². The summed E-state index contributed by atoms with van der Waals surface area (Å²) in [7, 11) is 0. The Morgan fingerprint density at radius 1 is 1.50 bits per heavy atom. The Bertz CT molecular complexity index is 414. The number of nitrogens with two attached hydrogens (primary N) is 1. The van der Waals surface area contributed by atoms with E-state index < -0.39 is 5.91 Å². The van der Waals surface area contributed by atoms with Crippen LogP contribution in [0.25, 0.3) is 0 Å². The summed E-state index contributed by atoms with van der Waals surface area (Å²) < 4.78 is 0. The van der Waals surface area contributed by atoms with E-state index in [-0.39, 0.29) is 0 Å². The molecule has 1 aliphatic rings. The van der Waals surface area contributed by atoms with E-state index in [0.717, 1.165) is 19.3 Å². The molecule has 1 amide bonds. The van der Waals surface area contributed by atoms with Crippen LogP contribution in [0.2, 0.25) is 0 Å². The number of anilines is 1. The Hall–Kier alpha value is -1.84. The van der Waals surface area contributed by atoms with Crippen molar-refractivity contribution in [2.45, 2.75) is 25.3 Å². The van der Waals surface area contributed by atoms with Gasteiger partial charge in [-0.3, -0.25) is 4.79 Å². The number of hydrogen-bond donors (Lipinski definition) is 2. The van der Waals surface area contributed by atoms with Crippen molar-refractivity contribution in [1.29, 1.82) is 0 Å². The van der Waals surface area contributed by atoms with E-state index >= 15 is 0 Å². The summed E-state index contributed by atoms with van der Waals surface area (Å²) in [6.45, 7) is 0. The summed E-state index contributed by atoms with van der Waals surface area (Å²) >= 11 is 0. The molecule has 0 saturated heterocycles. The first-order valence-corrected chi connectivity index (χ1v) is 5.43. The lowest BCUT2D eigenvalue weighted by Gasteiger charge is -2.20. The molecule has 0 saturated carbocycles. The van der Waals surface area contributed by atoms with Crippen LogP contribution in [-0.2, 0) is 0 Å². The first kappa shape index (κ1) is 10.7. The second-order valence-corrected chi connectivity index (χ2v) is 3.89. The first-order valence-electron chi connectivity index (χ1n) is 5.43. The van der Waals surface area contributed by atoms with Crippen molar-refractivity contribution < 1.29 is 4.79 Å². The van der Waals surface area contributed by atoms with E-state index in [1.807, 2.05) is 0 Å².